The summed E-state index contributed by atoms with van der Waals surface area (Å²) >= 11 is 0. The van der Waals surface area contributed by atoms with Gasteiger partial charge in [-0.2, -0.15) is 0 Å². The van der Waals surface area contributed by atoms with Gasteiger partial charge in [0.2, 0.25) is 0 Å². The van der Waals surface area contributed by atoms with Crippen LogP contribution in [0.15, 0.2) is 60.7 Å². The molecule has 0 heterocycles. The van der Waals surface area contributed by atoms with Gasteiger partial charge < -0.3 is 10.2 Å². The molecule has 0 aliphatic carbocycles. The minimum absolute atomic E-state index is 0.0140. The van der Waals surface area contributed by atoms with E-state index in [-0.39, 0.29) is 12.1 Å². The van der Waals surface area contributed by atoms with Crippen LogP contribution in [-0.2, 0) is 0 Å². The number of hydrogen-bond donors (Lipinski definition) is 2. The molecule has 0 fully saturated rings. The molecule has 142 valence electrons. The molecule has 0 radical (unpaired) electrons. The summed E-state index contributed by atoms with van der Waals surface area (Å²) in [6.45, 7) is 5.71. The van der Waals surface area contributed by atoms with Crippen LogP contribution in [-0.4, -0.2) is 59.3 Å². The number of likely N-dealkylation sites (N-methyl/N-ethyl adjacent to an activating group) is 2. The van der Waals surface area contributed by atoms with Crippen molar-refractivity contribution in [1.82, 2.24) is 9.80 Å². The van der Waals surface area contributed by atoms with Crippen molar-refractivity contribution in [3.63, 3.8) is 0 Å². The molecule has 2 aromatic rings. The average molecular weight is 357 g/mol. The van der Waals surface area contributed by atoms with Gasteiger partial charge in [0.1, 0.15) is 0 Å². The highest BCUT2D eigenvalue weighted by Gasteiger charge is 2.23. The van der Waals surface area contributed by atoms with Crippen LogP contribution in [0.5, 0.6) is 0 Å². The summed E-state index contributed by atoms with van der Waals surface area (Å²) in [6.07, 6.45) is -1.03. The van der Waals surface area contributed by atoms with Crippen molar-refractivity contribution in [2.24, 2.45) is 0 Å². The predicted molar refractivity (Wildman–Crippen MR) is 107 cm³/mol. The molecule has 0 aliphatic heterocycles. The SMILES string of the molecule is CC([C@@H](O)c1ccccc1)N(C)CCN(C)C(C)[C@@H](O)c1ccccc1. The van der Waals surface area contributed by atoms with E-state index in [4.69, 9.17) is 0 Å². The van der Waals surface area contributed by atoms with Gasteiger partial charge in [-0.3, -0.25) is 9.80 Å². The van der Waals surface area contributed by atoms with Crippen molar-refractivity contribution >= 4 is 0 Å². The van der Waals surface area contributed by atoms with Crippen LogP contribution in [0.3, 0.4) is 0 Å². The molecule has 0 aromatic heterocycles. The normalized spacial score (nSPS) is 16.5. The van der Waals surface area contributed by atoms with E-state index >= 15 is 0 Å². The zero-order valence-electron chi connectivity index (χ0n) is 16.3. The van der Waals surface area contributed by atoms with Gasteiger partial charge in [-0.05, 0) is 39.1 Å². The summed E-state index contributed by atoms with van der Waals surface area (Å²) in [5.74, 6) is 0. The van der Waals surface area contributed by atoms with E-state index in [1.54, 1.807) is 0 Å². The number of nitrogens with zero attached hydrogens (tertiary/aromatic N) is 2. The molecule has 2 unspecified atom stereocenters. The van der Waals surface area contributed by atoms with E-state index in [2.05, 4.69) is 9.80 Å². The van der Waals surface area contributed by atoms with E-state index in [0.717, 1.165) is 24.2 Å². The van der Waals surface area contributed by atoms with Crippen molar-refractivity contribution in [2.75, 3.05) is 27.2 Å². The van der Waals surface area contributed by atoms with Crippen LogP contribution >= 0.6 is 0 Å². The number of hydrogen-bond acceptors (Lipinski definition) is 4. The highest BCUT2D eigenvalue weighted by Crippen LogP contribution is 2.21. The third-order valence-corrected chi connectivity index (χ3v) is 5.39. The summed E-state index contributed by atoms with van der Waals surface area (Å²) in [7, 11) is 4.06. The second-order valence-corrected chi connectivity index (χ2v) is 7.15. The summed E-state index contributed by atoms with van der Waals surface area (Å²) in [6, 6.07) is 19.6. The zero-order chi connectivity index (χ0) is 19.1. The van der Waals surface area contributed by atoms with Gasteiger partial charge in [-0.25, -0.2) is 0 Å². The molecular weight excluding hydrogens is 324 g/mol. The Hall–Kier alpha value is -1.72. The molecule has 26 heavy (non-hydrogen) atoms. The molecule has 4 atom stereocenters. The fourth-order valence-electron chi connectivity index (χ4n) is 3.06. The Kier molecular flexibility index (Phi) is 7.79. The van der Waals surface area contributed by atoms with Crippen LogP contribution in [0.4, 0.5) is 0 Å². The zero-order valence-corrected chi connectivity index (χ0v) is 16.3. The Labute approximate surface area is 157 Å². The minimum atomic E-state index is -0.515. The number of aliphatic hydroxyl groups is 2. The Balaban J connectivity index is 1.86. The van der Waals surface area contributed by atoms with Gasteiger partial charge in [-0.15, -0.1) is 0 Å². The maximum Gasteiger partial charge on any atom is 0.0942 e. The van der Waals surface area contributed by atoms with Crippen molar-refractivity contribution < 1.29 is 10.2 Å². The first-order chi connectivity index (χ1) is 12.4. The van der Waals surface area contributed by atoms with Gasteiger partial charge in [0.15, 0.2) is 0 Å². The molecule has 0 bridgehead atoms. The van der Waals surface area contributed by atoms with E-state index in [0.29, 0.717) is 0 Å². The van der Waals surface area contributed by atoms with Crippen LogP contribution < -0.4 is 0 Å². The first-order valence-electron chi connectivity index (χ1n) is 9.28. The van der Waals surface area contributed by atoms with Crippen molar-refractivity contribution in [2.45, 2.75) is 38.1 Å². The van der Waals surface area contributed by atoms with Gasteiger partial charge >= 0.3 is 0 Å². The molecule has 4 nitrogen and oxygen atoms in total. The lowest BCUT2D eigenvalue weighted by molar-refractivity contribution is 0.0466. The summed E-state index contributed by atoms with van der Waals surface area (Å²) < 4.78 is 0. The Morgan fingerprint density at radius 3 is 1.27 bits per heavy atom. The second-order valence-electron chi connectivity index (χ2n) is 7.15. The fourth-order valence-corrected chi connectivity index (χ4v) is 3.06. The Morgan fingerprint density at radius 1 is 0.654 bits per heavy atom. The third kappa shape index (κ3) is 5.39. The first-order valence-corrected chi connectivity index (χ1v) is 9.28. The summed E-state index contributed by atoms with van der Waals surface area (Å²) in [5.41, 5.74) is 1.88. The largest absolute Gasteiger partial charge is 0.387 e. The molecule has 0 aliphatic rings. The summed E-state index contributed by atoms with van der Waals surface area (Å²) in [4.78, 5) is 4.32. The van der Waals surface area contributed by atoms with E-state index in [9.17, 15) is 10.2 Å². The van der Waals surface area contributed by atoms with Gasteiger partial charge in [0.25, 0.3) is 0 Å². The number of aliphatic hydroxyl groups excluding tert-OH is 2. The predicted octanol–water partition coefficient (Wildman–Crippen LogP) is 3.09. The topological polar surface area (TPSA) is 46.9 Å². The summed E-state index contributed by atoms with van der Waals surface area (Å²) in [5, 5.41) is 21.2. The Bertz CT molecular complexity index is 578. The first kappa shape index (κ1) is 20.6. The lowest BCUT2D eigenvalue weighted by Gasteiger charge is -2.33. The molecule has 0 amide bonds. The fraction of sp³-hybridized carbons (Fsp3) is 0.455. The molecule has 0 spiro atoms. The second kappa shape index (κ2) is 9.83. The quantitative estimate of drug-likeness (QED) is 0.725. The molecule has 0 saturated carbocycles. The maximum absolute atomic E-state index is 10.6. The molecule has 4 heteroatoms. The van der Waals surface area contributed by atoms with Crippen LogP contribution in [0, 0.1) is 0 Å². The van der Waals surface area contributed by atoms with Gasteiger partial charge in [0, 0.05) is 25.2 Å². The molecule has 2 aromatic carbocycles. The van der Waals surface area contributed by atoms with Crippen molar-refractivity contribution in [3.8, 4) is 0 Å². The lowest BCUT2D eigenvalue weighted by Crippen LogP contribution is -2.42. The molecule has 2 rings (SSSR count). The molecule has 0 saturated heterocycles. The maximum atomic E-state index is 10.6. The van der Waals surface area contributed by atoms with E-state index in [1.165, 1.54) is 0 Å². The highest BCUT2D eigenvalue weighted by atomic mass is 16.3. The Morgan fingerprint density at radius 2 is 0.962 bits per heavy atom. The molecular formula is C22H32N2O2. The van der Waals surface area contributed by atoms with Crippen LogP contribution in [0.2, 0.25) is 0 Å². The van der Waals surface area contributed by atoms with Gasteiger partial charge in [0.05, 0.1) is 12.2 Å². The van der Waals surface area contributed by atoms with Crippen molar-refractivity contribution in [1.29, 1.82) is 0 Å². The minimum Gasteiger partial charge on any atom is -0.387 e. The monoisotopic (exact) mass is 356 g/mol. The smallest absolute Gasteiger partial charge is 0.0942 e. The molecule has 2 N–H and O–H groups in total. The number of rotatable bonds is 9. The van der Waals surface area contributed by atoms with Crippen molar-refractivity contribution in [3.05, 3.63) is 71.8 Å². The van der Waals surface area contributed by atoms with Crippen LogP contribution in [0.1, 0.15) is 37.2 Å². The average Bonchev–Trinajstić information content (AvgIpc) is 2.70. The lowest BCUT2D eigenvalue weighted by atomic mass is 10.0. The third-order valence-electron chi connectivity index (χ3n) is 5.39. The number of benzene rings is 2. The highest BCUT2D eigenvalue weighted by molar-refractivity contribution is 5.19. The van der Waals surface area contributed by atoms with Gasteiger partial charge in [-0.1, -0.05) is 60.7 Å². The van der Waals surface area contributed by atoms with Crippen LogP contribution in [0.25, 0.3) is 0 Å². The standard InChI is InChI=1S/C22H32N2O2/c1-17(21(25)19-11-7-5-8-12-19)23(3)15-16-24(4)18(2)22(26)20-13-9-6-10-14-20/h5-14,17-18,21-22,25-26H,15-16H2,1-4H3/t17?,18?,21-,22-/m1/s1. The van der Waals surface area contributed by atoms with E-state index in [1.807, 2.05) is 88.6 Å². The van der Waals surface area contributed by atoms with E-state index < -0.39 is 12.2 Å².